The Morgan fingerprint density at radius 3 is 2.25 bits per heavy atom. The van der Waals surface area contributed by atoms with Gasteiger partial charge in [0.05, 0.1) is 11.4 Å². The molecule has 0 amide bonds. The molecule has 162 valence electrons. The normalized spacial score (nSPS) is 13.2. The number of nitrogens with zero attached hydrogens (tertiary/aromatic N) is 1. The van der Waals surface area contributed by atoms with Crippen molar-refractivity contribution in [2.45, 2.75) is 17.9 Å². The van der Waals surface area contributed by atoms with Gasteiger partial charge in [0, 0.05) is 11.1 Å². The fourth-order valence-electron chi connectivity index (χ4n) is 3.54. The van der Waals surface area contributed by atoms with Crippen LogP contribution in [0.1, 0.15) is 22.7 Å². The molecule has 0 aliphatic heterocycles. The predicted molar refractivity (Wildman–Crippen MR) is 128 cm³/mol. The first kappa shape index (κ1) is 21.7. The molecule has 32 heavy (non-hydrogen) atoms. The maximum absolute atomic E-state index is 13.2. The van der Waals surface area contributed by atoms with Crippen molar-refractivity contribution in [3.05, 3.63) is 119 Å². The minimum Gasteiger partial charge on any atom is -0.623 e. The van der Waals surface area contributed by atoms with Crippen LogP contribution in [-0.2, 0) is 10.0 Å². The van der Waals surface area contributed by atoms with Gasteiger partial charge in [0.25, 0.3) is 0 Å². The number of fused-ring (bicyclic) bond motifs is 1. The molecule has 0 heterocycles. The molecule has 0 aliphatic carbocycles. The number of hydrogen-bond donors (Lipinski definition) is 1. The van der Waals surface area contributed by atoms with Crippen molar-refractivity contribution in [1.29, 1.82) is 0 Å². The Morgan fingerprint density at radius 1 is 0.875 bits per heavy atom. The minimum atomic E-state index is -3.76. The second kappa shape index (κ2) is 9.34. The van der Waals surface area contributed by atoms with Crippen molar-refractivity contribution in [3.8, 4) is 0 Å². The minimum absolute atomic E-state index is 0.0681. The first-order valence-electron chi connectivity index (χ1n) is 10.3. The van der Waals surface area contributed by atoms with Gasteiger partial charge in [0.2, 0.25) is 16.1 Å². The highest BCUT2D eigenvalue weighted by Crippen LogP contribution is 2.23. The van der Waals surface area contributed by atoms with Crippen molar-refractivity contribution in [2.75, 3.05) is 6.54 Å². The molecule has 4 aromatic rings. The Hall–Kier alpha value is -3.48. The van der Waals surface area contributed by atoms with Gasteiger partial charge in [-0.2, -0.15) is 0 Å². The first-order valence-corrected chi connectivity index (χ1v) is 11.8. The van der Waals surface area contributed by atoms with Crippen LogP contribution in [0.5, 0.6) is 0 Å². The molecule has 4 rings (SSSR count). The van der Waals surface area contributed by atoms with Gasteiger partial charge in [0.15, 0.2) is 6.21 Å². The summed E-state index contributed by atoms with van der Waals surface area (Å²) in [6, 6.07) is 28.8. The lowest BCUT2D eigenvalue weighted by atomic mass is 10.0. The molecule has 6 heteroatoms. The largest absolute Gasteiger partial charge is 0.623 e. The summed E-state index contributed by atoms with van der Waals surface area (Å²) in [6.45, 7) is 1.83. The van der Waals surface area contributed by atoms with E-state index in [2.05, 4.69) is 4.72 Å². The second-order valence-corrected chi connectivity index (χ2v) is 9.45. The lowest BCUT2D eigenvalue weighted by Crippen LogP contribution is -2.32. The monoisotopic (exact) mass is 444 g/mol. The van der Waals surface area contributed by atoms with Gasteiger partial charge < -0.3 is 5.21 Å². The molecule has 0 spiro atoms. The van der Waals surface area contributed by atoms with Gasteiger partial charge >= 0.3 is 0 Å². The topological polar surface area (TPSA) is 72.2 Å². The molecule has 0 aromatic heterocycles. The Balaban J connectivity index is 1.68. The van der Waals surface area contributed by atoms with Crippen LogP contribution in [0.2, 0.25) is 0 Å². The third-order valence-electron chi connectivity index (χ3n) is 5.34. The summed E-state index contributed by atoms with van der Waals surface area (Å²) in [5, 5.41) is 15.2. The van der Waals surface area contributed by atoms with E-state index < -0.39 is 16.1 Å². The van der Waals surface area contributed by atoms with Crippen LogP contribution < -0.4 is 4.72 Å². The third kappa shape index (κ3) is 5.04. The van der Waals surface area contributed by atoms with Gasteiger partial charge in [-0.1, -0.05) is 72.3 Å². The lowest BCUT2D eigenvalue weighted by Gasteiger charge is -2.19. The fraction of sp³-hybridized carbons (Fsp3) is 0.115. The van der Waals surface area contributed by atoms with E-state index in [-0.39, 0.29) is 11.4 Å². The van der Waals surface area contributed by atoms with E-state index in [0.717, 1.165) is 32.2 Å². The first-order chi connectivity index (χ1) is 15.4. The highest BCUT2D eigenvalue weighted by atomic mass is 32.2. The number of benzene rings is 4. The zero-order chi connectivity index (χ0) is 22.6. The van der Waals surface area contributed by atoms with E-state index >= 15 is 0 Å². The van der Waals surface area contributed by atoms with Crippen LogP contribution in [-0.4, -0.2) is 25.9 Å². The lowest BCUT2D eigenvalue weighted by molar-refractivity contribution is -0.500. The number of nitrogens with one attached hydrogen (secondary N) is 1. The SMILES string of the molecule is Cc1ccc(S(=O)(=O)NCC(c2ccc3ccccc3c2)/[N+]([O-])=C/c2ccccc2)cc1. The summed E-state index contributed by atoms with van der Waals surface area (Å²) in [5.74, 6) is 0. The van der Waals surface area contributed by atoms with Gasteiger partial charge in [-0.05, 0) is 48.0 Å². The molecule has 0 fully saturated rings. The summed E-state index contributed by atoms with van der Waals surface area (Å²) in [5.41, 5.74) is 2.45. The van der Waals surface area contributed by atoms with Crippen LogP contribution in [0.15, 0.2) is 102 Å². The Bertz CT molecular complexity index is 1350. The number of rotatable bonds is 7. The standard InChI is InChI=1S/C26H24N2O3S/c1-20-11-15-25(16-12-20)32(30,31)27-18-26(28(29)19-21-7-3-2-4-8-21)24-14-13-22-9-5-6-10-23(22)17-24/h2-17,19,26-27H,18H2,1H3/b28-19-. The number of sulfonamides is 1. The van der Waals surface area contributed by atoms with Gasteiger partial charge in [-0.3, -0.25) is 0 Å². The van der Waals surface area contributed by atoms with E-state index in [1.165, 1.54) is 6.21 Å². The van der Waals surface area contributed by atoms with E-state index in [4.69, 9.17) is 0 Å². The molecule has 0 radical (unpaired) electrons. The predicted octanol–water partition coefficient (Wildman–Crippen LogP) is 4.80. The van der Waals surface area contributed by atoms with Crippen molar-refractivity contribution in [1.82, 2.24) is 4.72 Å². The van der Waals surface area contributed by atoms with E-state index in [1.54, 1.807) is 24.3 Å². The van der Waals surface area contributed by atoms with Gasteiger partial charge in [-0.25, -0.2) is 17.9 Å². The smallest absolute Gasteiger partial charge is 0.240 e. The third-order valence-corrected chi connectivity index (χ3v) is 6.78. The number of aryl methyl sites for hydroxylation is 1. The molecule has 1 unspecified atom stereocenters. The van der Waals surface area contributed by atoms with E-state index in [9.17, 15) is 13.6 Å². The maximum atomic E-state index is 13.2. The summed E-state index contributed by atoms with van der Waals surface area (Å²) in [6.07, 6.45) is 1.49. The van der Waals surface area contributed by atoms with Crippen LogP contribution >= 0.6 is 0 Å². The van der Waals surface area contributed by atoms with Gasteiger partial charge in [0.1, 0.15) is 0 Å². The van der Waals surface area contributed by atoms with E-state index in [1.807, 2.05) is 79.7 Å². The molecular weight excluding hydrogens is 420 g/mol. The molecular formula is C26H24N2O3S. The van der Waals surface area contributed by atoms with Crippen molar-refractivity contribution < 1.29 is 13.2 Å². The Kier molecular flexibility index (Phi) is 6.35. The molecule has 5 nitrogen and oxygen atoms in total. The van der Waals surface area contributed by atoms with Gasteiger partial charge in [-0.15, -0.1) is 0 Å². The Morgan fingerprint density at radius 2 is 1.53 bits per heavy atom. The molecule has 0 aliphatic rings. The summed E-state index contributed by atoms with van der Waals surface area (Å²) in [7, 11) is -3.76. The summed E-state index contributed by atoms with van der Waals surface area (Å²) >= 11 is 0. The van der Waals surface area contributed by atoms with Crippen LogP contribution in [0, 0.1) is 12.1 Å². The zero-order valence-electron chi connectivity index (χ0n) is 17.7. The average Bonchev–Trinajstić information content (AvgIpc) is 2.80. The molecule has 1 N–H and O–H groups in total. The highest BCUT2D eigenvalue weighted by Gasteiger charge is 2.24. The van der Waals surface area contributed by atoms with Crippen LogP contribution in [0.3, 0.4) is 0 Å². The van der Waals surface area contributed by atoms with Crippen molar-refractivity contribution >= 4 is 27.0 Å². The van der Waals surface area contributed by atoms with Crippen LogP contribution in [0.4, 0.5) is 0 Å². The summed E-state index contributed by atoms with van der Waals surface area (Å²) in [4.78, 5) is 0.171. The highest BCUT2D eigenvalue weighted by molar-refractivity contribution is 7.89. The average molecular weight is 445 g/mol. The molecule has 0 saturated heterocycles. The fourth-order valence-corrected chi connectivity index (χ4v) is 4.57. The maximum Gasteiger partial charge on any atom is 0.240 e. The molecule has 0 bridgehead atoms. The van der Waals surface area contributed by atoms with E-state index in [0.29, 0.717) is 0 Å². The zero-order valence-corrected chi connectivity index (χ0v) is 18.5. The Labute approximate surface area is 188 Å². The molecule has 4 aromatic carbocycles. The van der Waals surface area contributed by atoms with Crippen molar-refractivity contribution in [3.63, 3.8) is 0 Å². The van der Waals surface area contributed by atoms with Crippen LogP contribution in [0.25, 0.3) is 10.8 Å². The van der Waals surface area contributed by atoms with Crippen molar-refractivity contribution in [2.24, 2.45) is 0 Å². The second-order valence-electron chi connectivity index (χ2n) is 7.69. The molecule has 0 saturated carbocycles. The summed E-state index contributed by atoms with van der Waals surface area (Å²) < 4.78 is 29.1. The quantitative estimate of drug-likeness (QED) is 0.193. The molecule has 1 atom stereocenters. The number of hydroxylamine groups is 1. The number of hydrogen-bond acceptors (Lipinski definition) is 3.